The number of nitrogens with one attached hydrogen (secondary N) is 1. The van der Waals surface area contributed by atoms with Crippen LogP contribution >= 0.6 is 0 Å². The average molecular weight is 225 g/mol. The molecule has 0 unspecified atom stereocenters. The Hall–Kier alpha value is -0.770. The lowest BCUT2D eigenvalue weighted by atomic mass is 9.80. The van der Waals surface area contributed by atoms with Crippen LogP contribution in [0.25, 0.3) is 0 Å². The van der Waals surface area contributed by atoms with Crippen LogP contribution in [0.15, 0.2) is 4.99 Å². The van der Waals surface area contributed by atoms with Gasteiger partial charge in [-0.15, -0.1) is 0 Å². The third kappa shape index (κ3) is 3.37. The quantitative estimate of drug-likeness (QED) is 0.495. The second kappa shape index (κ2) is 4.62. The molecular weight excluding hydrogens is 202 g/mol. The number of nitrogens with two attached hydrogens (primary N) is 1. The molecule has 2 aliphatic rings. The third-order valence-corrected chi connectivity index (χ3v) is 3.68. The van der Waals surface area contributed by atoms with Crippen LogP contribution < -0.4 is 11.1 Å². The largest absolute Gasteiger partial charge is 0.388 e. The highest BCUT2D eigenvalue weighted by Gasteiger charge is 2.31. The van der Waals surface area contributed by atoms with Crippen LogP contribution in [0.3, 0.4) is 0 Å². The van der Waals surface area contributed by atoms with Crippen molar-refractivity contribution in [2.75, 3.05) is 6.54 Å². The number of aliphatic hydroxyl groups is 1. The lowest BCUT2D eigenvalue weighted by Gasteiger charge is -2.33. The molecule has 0 aromatic rings. The van der Waals surface area contributed by atoms with E-state index >= 15 is 0 Å². The summed E-state index contributed by atoms with van der Waals surface area (Å²) in [4.78, 5) is 4.26. The Labute approximate surface area is 97.3 Å². The van der Waals surface area contributed by atoms with Crippen molar-refractivity contribution in [2.24, 2.45) is 16.6 Å². The summed E-state index contributed by atoms with van der Waals surface area (Å²) in [7, 11) is 0. The molecule has 0 spiro atoms. The summed E-state index contributed by atoms with van der Waals surface area (Å²) in [5, 5.41) is 13.4. The minimum atomic E-state index is -0.609. The van der Waals surface area contributed by atoms with E-state index in [4.69, 9.17) is 5.73 Å². The normalized spacial score (nSPS) is 36.1. The summed E-state index contributed by atoms with van der Waals surface area (Å²) in [6.07, 6.45) is 6.29. The Morgan fingerprint density at radius 1 is 1.38 bits per heavy atom. The van der Waals surface area contributed by atoms with E-state index in [0.29, 0.717) is 18.5 Å². The van der Waals surface area contributed by atoms with E-state index in [9.17, 15) is 5.11 Å². The first-order valence-electron chi connectivity index (χ1n) is 6.36. The molecule has 0 radical (unpaired) electrons. The van der Waals surface area contributed by atoms with E-state index < -0.39 is 5.60 Å². The zero-order valence-corrected chi connectivity index (χ0v) is 10.1. The molecule has 2 rings (SSSR count). The second-order valence-electron chi connectivity index (χ2n) is 5.53. The van der Waals surface area contributed by atoms with Gasteiger partial charge in [0.2, 0.25) is 0 Å². The standard InChI is InChI=1S/C12H23N3O/c1-9-4-6-12(16,7-5-9)8-14-11(13)15-10-2-3-10/h9-10,16H,2-8H2,1H3,(H3,13,14,15). The van der Waals surface area contributed by atoms with E-state index in [0.717, 1.165) is 31.6 Å². The zero-order chi connectivity index (χ0) is 11.6. The summed E-state index contributed by atoms with van der Waals surface area (Å²) in [6, 6.07) is 0.532. The monoisotopic (exact) mass is 225 g/mol. The molecule has 2 fully saturated rings. The van der Waals surface area contributed by atoms with Gasteiger partial charge in [-0.3, -0.25) is 4.99 Å². The van der Waals surface area contributed by atoms with E-state index in [1.807, 2.05) is 0 Å². The lowest BCUT2D eigenvalue weighted by Crippen LogP contribution is -2.39. The summed E-state index contributed by atoms with van der Waals surface area (Å²) >= 11 is 0. The van der Waals surface area contributed by atoms with Crippen molar-refractivity contribution in [3.05, 3.63) is 0 Å². The van der Waals surface area contributed by atoms with Gasteiger partial charge >= 0.3 is 0 Å². The summed E-state index contributed by atoms with van der Waals surface area (Å²) < 4.78 is 0. The Kier molecular flexibility index (Phi) is 3.38. The van der Waals surface area contributed by atoms with Crippen molar-refractivity contribution < 1.29 is 5.11 Å². The Morgan fingerprint density at radius 2 is 2.00 bits per heavy atom. The van der Waals surface area contributed by atoms with Crippen molar-refractivity contribution in [3.63, 3.8) is 0 Å². The van der Waals surface area contributed by atoms with Crippen LogP contribution in [0.4, 0.5) is 0 Å². The fourth-order valence-corrected chi connectivity index (χ4v) is 2.17. The van der Waals surface area contributed by atoms with Gasteiger partial charge in [-0.05, 0) is 44.4 Å². The minimum absolute atomic E-state index is 0.450. The summed E-state index contributed by atoms with van der Waals surface area (Å²) in [6.45, 7) is 2.69. The van der Waals surface area contributed by atoms with E-state index in [1.54, 1.807) is 0 Å². The second-order valence-corrected chi connectivity index (χ2v) is 5.53. The zero-order valence-electron chi connectivity index (χ0n) is 10.1. The maximum atomic E-state index is 10.3. The van der Waals surface area contributed by atoms with Gasteiger partial charge in [-0.25, -0.2) is 0 Å². The molecule has 0 saturated heterocycles. The maximum absolute atomic E-state index is 10.3. The Bertz CT molecular complexity index is 265. The predicted molar refractivity (Wildman–Crippen MR) is 65.2 cm³/mol. The number of rotatable bonds is 3. The summed E-state index contributed by atoms with van der Waals surface area (Å²) in [5.74, 6) is 1.24. The predicted octanol–water partition coefficient (Wildman–Crippen LogP) is 0.994. The van der Waals surface area contributed by atoms with E-state index in [2.05, 4.69) is 17.2 Å². The van der Waals surface area contributed by atoms with Gasteiger partial charge in [0.1, 0.15) is 0 Å². The molecule has 0 heterocycles. The van der Waals surface area contributed by atoms with E-state index in [-0.39, 0.29) is 0 Å². The molecular formula is C12H23N3O. The van der Waals surface area contributed by atoms with Crippen molar-refractivity contribution in [2.45, 2.75) is 57.1 Å². The highest BCUT2D eigenvalue weighted by Crippen LogP contribution is 2.31. The third-order valence-electron chi connectivity index (χ3n) is 3.68. The van der Waals surface area contributed by atoms with Crippen LogP contribution in [0.1, 0.15) is 45.4 Å². The van der Waals surface area contributed by atoms with Crippen LogP contribution in [0.2, 0.25) is 0 Å². The fourth-order valence-electron chi connectivity index (χ4n) is 2.17. The highest BCUT2D eigenvalue weighted by molar-refractivity contribution is 5.78. The summed E-state index contributed by atoms with van der Waals surface area (Å²) in [5.41, 5.74) is 5.14. The first-order valence-corrected chi connectivity index (χ1v) is 6.36. The Morgan fingerprint density at radius 3 is 2.56 bits per heavy atom. The molecule has 2 aliphatic carbocycles. The lowest BCUT2D eigenvalue weighted by molar-refractivity contribution is 0.00167. The van der Waals surface area contributed by atoms with Gasteiger partial charge in [0.05, 0.1) is 12.1 Å². The van der Waals surface area contributed by atoms with E-state index in [1.165, 1.54) is 12.8 Å². The smallest absolute Gasteiger partial charge is 0.188 e. The molecule has 0 aromatic carbocycles. The first-order chi connectivity index (χ1) is 7.57. The van der Waals surface area contributed by atoms with Gasteiger partial charge in [-0.2, -0.15) is 0 Å². The molecule has 92 valence electrons. The molecule has 4 nitrogen and oxygen atoms in total. The van der Waals surface area contributed by atoms with Crippen LogP contribution in [-0.2, 0) is 0 Å². The number of guanidine groups is 1. The van der Waals surface area contributed by atoms with Gasteiger partial charge < -0.3 is 16.2 Å². The molecule has 0 aliphatic heterocycles. The van der Waals surface area contributed by atoms with Crippen LogP contribution in [0.5, 0.6) is 0 Å². The van der Waals surface area contributed by atoms with Crippen LogP contribution in [0, 0.1) is 5.92 Å². The minimum Gasteiger partial charge on any atom is -0.388 e. The molecule has 4 N–H and O–H groups in total. The first kappa shape index (κ1) is 11.7. The van der Waals surface area contributed by atoms with Gasteiger partial charge in [-0.1, -0.05) is 6.92 Å². The number of nitrogens with zero attached hydrogens (tertiary/aromatic N) is 1. The van der Waals surface area contributed by atoms with Gasteiger partial charge in [0.25, 0.3) is 0 Å². The van der Waals surface area contributed by atoms with Crippen molar-refractivity contribution >= 4 is 5.96 Å². The maximum Gasteiger partial charge on any atom is 0.188 e. The molecule has 0 bridgehead atoms. The molecule has 16 heavy (non-hydrogen) atoms. The SMILES string of the molecule is CC1CCC(O)(CN=C(N)NC2CC2)CC1. The fraction of sp³-hybridized carbons (Fsp3) is 0.917. The molecule has 4 heteroatoms. The van der Waals surface area contributed by atoms with Crippen molar-refractivity contribution in [1.29, 1.82) is 0 Å². The van der Waals surface area contributed by atoms with Crippen molar-refractivity contribution in [1.82, 2.24) is 5.32 Å². The van der Waals surface area contributed by atoms with Crippen molar-refractivity contribution in [3.8, 4) is 0 Å². The molecule has 0 aromatic heterocycles. The number of hydrogen-bond acceptors (Lipinski definition) is 2. The highest BCUT2D eigenvalue weighted by atomic mass is 16.3. The molecule has 0 amide bonds. The Balaban J connectivity index is 1.78. The van der Waals surface area contributed by atoms with Gasteiger partial charge in [0, 0.05) is 6.04 Å². The molecule has 0 atom stereocenters. The van der Waals surface area contributed by atoms with Crippen LogP contribution in [-0.4, -0.2) is 29.3 Å². The number of hydrogen-bond donors (Lipinski definition) is 3. The average Bonchev–Trinajstić information content (AvgIpc) is 3.04. The number of aliphatic imine (C=N–C) groups is 1. The van der Waals surface area contributed by atoms with Gasteiger partial charge in [0.15, 0.2) is 5.96 Å². The topological polar surface area (TPSA) is 70.6 Å². The molecule has 2 saturated carbocycles.